The van der Waals surface area contributed by atoms with Crippen molar-refractivity contribution in [1.82, 2.24) is 0 Å². The lowest BCUT2D eigenvalue weighted by Crippen LogP contribution is -2.06. The van der Waals surface area contributed by atoms with Crippen molar-refractivity contribution < 1.29 is 9.53 Å². The predicted molar refractivity (Wildman–Crippen MR) is 57.1 cm³/mol. The Morgan fingerprint density at radius 1 is 1.53 bits per heavy atom. The number of halogens is 2. The maximum absolute atomic E-state index is 11.4. The van der Waals surface area contributed by atoms with Crippen LogP contribution in [-0.4, -0.2) is 12.6 Å². The Balaban J connectivity index is 3.24. The average Bonchev–Trinajstić information content (AvgIpc) is 2.21. The molecule has 1 rings (SSSR count). The van der Waals surface area contributed by atoms with E-state index in [1.165, 1.54) is 12.1 Å². The Morgan fingerprint density at radius 3 is 2.73 bits per heavy atom. The molecular formula is C10H7Cl2NO2. The van der Waals surface area contributed by atoms with Gasteiger partial charge >= 0.3 is 5.97 Å². The third kappa shape index (κ3) is 2.62. The van der Waals surface area contributed by atoms with Gasteiger partial charge in [-0.05, 0) is 19.1 Å². The average molecular weight is 244 g/mol. The highest BCUT2D eigenvalue weighted by Crippen LogP contribution is 2.25. The zero-order chi connectivity index (χ0) is 11.4. The van der Waals surface area contributed by atoms with Crippen LogP contribution in [0.15, 0.2) is 12.1 Å². The molecule has 0 aliphatic heterocycles. The predicted octanol–water partition coefficient (Wildman–Crippen LogP) is 3.04. The van der Waals surface area contributed by atoms with Gasteiger partial charge in [0.05, 0.1) is 22.8 Å². The van der Waals surface area contributed by atoms with Crippen LogP contribution >= 0.6 is 23.2 Å². The van der Waals surface area contributed by atoms with Crippen LogP contribution in [0, 0.1) is 11.3 Å². The minimum atomic E-state index is -0.582. The first-order chi connectivity index (χ1) is 7.10. The molecule has 0 radical (unpaired) electrons. The standard InChI is InChI=1S/C10H7Cl2NO2/c1-2-15-10(14)8-4-7(11)3-6(5-13)9(8)12/h3-4H,2H2,1H3. The summed E-state index contributed by atoms with van der Waals surface area (Å²) in [5.74, 6) is -0.582. The molecule has 1 aromatic carbocycles. The summed E-state index contributed by atoms with van der Waals surface area (Å²) in [5.41, 5.74) is 0.273. The number of ether oxygens (including phenoxy) is 1. The molecule has 0 aliphatic carbocycles. The van der Waals surface area contributed by atoms with Gasteiger partial charge in [-0.1, -0.05) is 23.2 Å². The van der Waals surface area contributed by atoms with Crippen molar-refractivity contribution in [2.75, 3.05) is 6.61 Å². The highest BCUT2D eigenvalue weighted by molar-refractivity contribution is 6.36. The second kappa shape index (κ2) is 5.01. The number of nitriles is 1. The SMILES string of the molecule is CCOC(=O)c1cc(Cl)cc(C#N)c1Cl. The first-order valence-corrected chi connectivity index (χ1v) is 4.92. The van der Waals surface area contributed by atoms with Gasteiger partial charge in [0, 0.05) is 5.02 Å². The lowest BCUT2D eigenvalue weighted by Gasteiger charge is -2.05. The van der Waals surface area contributed by atoms with E-state index in [4.69, 9.17) is 33.2 Å². The smallest absolute Gasteiger partial charge is 0.339 e. The quantitative estimate of drug-likeness (QED) is 0.751. The lowest BCUT2D eigenvalue weighted by atomic mass is 10.1. The minimum Gasteiger partial charge on any atom is -0.462 e. The Labute approximate surface area is 97.2 Å². The number of rotatable bonds is 2. The van der Waals surface area contributed by atoms with Crippen LogP contribution in [0.5, 0.6) is 0 Å². The summed E-state index contributed by atoms with van der Waals surface area (Å²) >= 11 is 11.6. The molecule has 78 valence electrons. The Morgan fingerprint density at radius 2 is 2.20 bits per heavy atom. The number of esters is 1. The van der Waals surface area contributed by atoms with Gasteiger partial charge in [-0.2, -0.15) is 5.26 Å². The fourth-order valence-electron chi connectivity index (χ4n) is 1.03. The van der Waals surface area contributed by atoms with E-state index in [9.17, 15) is 4.79 Å². The molecule has 0 atom stereocenters. The van der Waals surface area contributed by atoms with E-state index in [2.05, 4.69) is 0 Å². The van der Waals surface area contributed by atoms with E-state index in [1.807, 2.05) is 6.07 Å². The van der Waals surface area contributed by atoms with Crippen molar-refractivity contribution in [3.8, 4) is 6.07 Å². The third-order valence-corrected chi connectivity index (χ3v) is 2.28. The molecule has 1 aromatic rings. The number of hydrogen-bond donors (Lipinski definition) is 0. The topological polar surface area (TPSA) is 50.1 Å². The number of nitrogens with zero attached hydrogens (tertiary/aromatic N) is 1. The van der Waals surface area contributed by atoms with Crippen LogP contribution in [0.25, 0.3) is 0 Å². The van der Waals surface area contributed by atoms with Crippen LogP contribution in [0.1, 0.15) is 22.8 Å². The minimum absolute atomic E-state index is 0.0698. The van der Waals surface area contributed by atoms with Crippen LogP contribution < -0.4 is 0 Å². The zero-order valence-electron chi connectivity index (χ0n) is 7.88. The summed E-state index contributed by atoms with van der Waals surface area (Å²) in [7, 11) is 0. The van der Waals surface area contributed by atoms with Gasteiger partial charge in [0.25, 0.3) is 0 Å². The molecule has 5 heteroatoms. The summed E-state index contributed by atoms with van der Waals surface area (Å²) in [6.07, 6.45) is 0. The molecule has 3 nitrogen and oxygen atoms in total. The van der Waals surface area contributed by atoms with Crippen molar-refractivity contribution >= 4 is 29.2 Å². The van der Waals surface area contributed by atoms with E-state index in [-0.39, 0.29) is 27.8 Å². The van der Waals surface area contributed by atoms with E-state index < -0.39 is 5.97 Å². The monoisotopic (exact) mass is 243 g/mol. The number of benzene rings is 1. The van der Waals surface area contributed by atoms with E-state index in [1.54, 1.807) is 6.92 Å². The van der Waals surface area contributed by atoms with Crippen LogP contribution in [0.2, 0.25) is 10.0 Å². The van der Waals surface area contributed by atoms with E-state index in [0.717, 1.165) is 0 Å². The highest BCUT2D eigenvalue weighted by Gasteiger charge is 2.15. The molecule has 0 unspecified atom stereocenters. The van der Waals surface area contributed by atoms with E-state index >= 15 is 0 Å². The van der Waals surface area contributed by atoms with Gasteiger partial charge in [0.2, 0.25) is 0 Å². The number of carbonyl (C=O) groups is 1. The fourth-order valence-corrected chi connectivity index (χ4v) is 1.47. The Kier molecular flexibility index (Phi) is 3.96. The second-order valence-corrected chi connectivity index (χ2v) is 3.46. The van der Waals surface area contributed by atoms with Gasteiger partial charge in [-0.3, -0.25) is 0 Å². The Bertz CT molecular complexity index is 438. The first kappa shape index (κ1) is 11.8. The molecule has 0 saturated heterocycles. The van der Waals surface area contributed by atoms with Crippen molar-refractivity contribution in [2.45, 2.75) is 6.92 Å². The van der Waals surface area contributed by atoms with Crippen LogP contribution in [-0.2, 0) is 4.74 Å². The lowest BCUT2D eigenvalue weighted by molar-refractivity contribution is 0.0526. The molecule has 0 saturated carbocycles. The Hall–Kier alpha value is -1.24. The summed E-state index contributed by atoms with van der Waals surface area (Å²) < 4.78 is 4.77. The van der Waals surface area contributed by atoms with Gasteiger partial charge in [-0.15, -0.1) is 0 Å². The largest absolute Gasteiger partial charge is 0.462 e. The fraction of sp³-hybridized carbons (Fsp3) is 0.200. The van der Waals surface area contributed by atoms with Crippen molar-refractivity contribution in [3.05, 3.63) is 33.3 Å². The van der Waals surface area contributed by atoms with Gasteiger partial charge in [0.1, 0.15) is 6.07 Å². The van der Waals surface area contributed by atoms with Crippen molar-refractivity contribution in [1.29, 1.82) is 5.26 Å². The molecule has 0 bridgehead atoms. The molecule has 0 heterocycles. The molecule has 0 aromatic heterocycles. The van der Waals surface area contributed by atoms with Gasteiger partial charge in [-0.25, -0.2) is 4.79 Å². The maximum atomic E-state index is 11.4. The number of hydrogen-bond acceptors (Lipinski definition) is 3. The summed E-state index contributed by atoms with van der Waals surface area (Å²) in [4.78, 5) is 11.4. The molecule has 0 spiro atoms. The first-order valence-electron chi connectivity index (χ1n) is 4.16. The summed E-state index contributed by atoms with van der Waals surface area (Å²) in [6, 6.07) is 4.62. The van der Waals surface area contributed by atoms with Gasteiger partial charge in [0.15, 0.2) is 0 Å². The molecule has 0 fully saturated rings. The van der Waals surface area contributed by atoms with Crippen molar-refractivity contribution in [2.24, 2.45) is 0 Å². The normalized spacial score (nSPS) is 9.47. The van der Waals surface area contributed by atoms with Crippen molar-refractivity contribution in [3.63, 3.8) is 0 Å². The summed E-state index contributed by atoms with van der Waals surface area (Å²) in [6.45, 7) is 1.92. The highest BCUT2D eigenvalue weighted by atomic mass is 35.5. The van der Waals surface area contributed by atoms with Crippen LogP contribution in [0.4, 0.5) is 0 Å². The second-order valence-electron chi connectivity index (χ2n) is 2.65. The van der Waals surface area contributed by atoms with Crippen LogP contribution in [0.3, 0.4) is 0 Å². The molecule has 0 N–H and O–H groups in total. The molecular weight excluding hydrogens is 237 g/mol. The maximum Gasteiger partial charge on any atom is 0.339 e. The summed E-state index contributed by atoms with van der Waals surface area (Å²) in [5, 5.41) is 9.08. The molecule has 15 heavy (non-hydrogen) atoms. The van der Waals surface area contributed by atoms with E-state index in [0.29, 0.717) is 0 Å². The zero-order valence-corrected chi connectivity index (χ0v) is 9.39. The third-order valence-electron chi connectivity index (χ3n) is 1.65. The molecule has 0 amide bonds. The number of carbonyl (C=O) groups excluding carboxylic acids is 1. The molecule has 0 aliphatic rings. The van der Waals surface area contributed by atoms with Gasteiger partial charge < -0.3 is 4.74 Å².